The van der Waals surface area contributed by atoms with E-state index in [-0.39, 0.29) is 11.2 Å². The minimum atomic E-state index is -1.20. The number of barbiturate groups is 1. The van der Waals surface area contributed by atoms with Gasteiger partial charge in [-0.2, -0.15) is 0 Å². The molecule has 0 spiro atoms. The summed E-state index contributed by atoms with van der Waals surface area (Å²) < 4.78 is 5.98. The van der Waals surface area contributed by atoms with E-state index in [1.54, 1.807) is 24.3 Å². The summed E-state index contributed by atoms with van der Waals surface area (Å²) in [5.74, 6) is -2.48. The van der Waals surface area contributed by atoms with Crippen molar-refractivity contribution in [1.29, 1.82) is 0 Å². The summed E-state index contributed by atoms with van der Waals surface area (Å²) in [6.07, 6.45) is 0.844. The molecule has 0 bridgehead atoms. The molecular weight excluding hydrogens is 336 g/mol. The number of para-hydroxylation sites is 1. The molecule has 0 aromatic heterocycles. The van der Waals surface area contributed by atoms with Crippen LogP contribution in [0.5, 0.6) is 5.75 Å². The largest absolute Gasteiger partial charge is 0.461 e. The number of imide groups is 2. The summed E-state index contributed by atoms with van der Waals surface area (Å²) in [7, 11) is 0. The number of hydrogen-bond acceptors (Lipinski definition) is 5. The molecule has 26 heavy (non-hydrogen) atoms. The topological polar surface area (TPSA) is 102 Å². The molecule has 7 heteroatoms. The highest BCUT2D eigenvalue weighted by molar-refractivity contribution is 6.18. The molecule has 1 atom stereocenters. The van der Waals surface area contributed by atoms with Crippen LogP contribution in [0, 0.1) is 11.3 Å². The molecule has 1 fully saturated rings. The molecule has 7 nitrogen and oxygen atoms in total. The summed E-state index contributed by atoms with van der Waals surface area (Å²) in [6, 6.07) is 6.21. The van der Waals surface area contributed by atoms with Crippen molar-refractivity contribution in [3.05, 3.63) is 41.2 Å². The van der Waals surface area contributed by atoms with Gasteiger partial charge in [-0.3, -0.25) is 25.0 Å². The molecule has 0 radical (unpaired) electrons. The van der Waals surface area contributed by atoms with Crippen molar-refractivity contribution >= 4 is 23.6 Å². The number of fused-ring (bicyclic) bond motifs is 1. The van der Waals surface area contributed by atoms with E-state index >= 15 is 0 Å². The number of allylic oxidation sites excluding steroid dienone is 2. The van der Waals surface area contributed by atoms with Crippen LogP contribution in [-0.2, 0) is 14.4 Å². The Labute approximate surface area is 149 Å². The molecule has 3 aliphatic rings. The van der Waals surface area contributed by atoms with Gasteiger partial charge in [-0.25, -0.2) is 4.79 Å². The number of Topliss-reactive ketones (excluding diaryl/α,β-unsaturated/α-hetero) is 1. The molecule has 2 aliphatic heterocycles. The van der Waals surface area contributed by atoms with Gasteiger partial charge in [0.2, 0.25) is 11.8 Å². The fourth-order valence-corrected chi connectivity index (χ4v) is 4.01. The number of urea groups is 1. The quantitative estimate of drug-likeness (QED) is 0.749. The van der Waals surface area contributed by atoms with Crippen molar-refractivity contribution in [3.63, 3.8) is 0 Å². The van der Waals surface area contributed by atoms with Crippen LogP contribution in [-0.4, -0.2) is 23.6 Å². The lowest BCUT2D eigenvalue weighted by Crippen LogP contribution is -2.58. The Morgan fingerprint density at radius 1 is 0.962 bits per heavy atom. The Morgan fingerprint density at radius 3 is 2.31 bits per heavy atom. The number of ketones is 1. The van der Waals surface area contributed by atoms with Crippen molar-refractivity contribution in [2.45, 2.75) is 32.6 Å². The van der Waals surface area contributed by atoms with Gasteiger partial charge in [0.05, 0.1) is 0 Å². The van der Waals surface area contributed by atoms with Crippen LogP contribution in [0.2, 0.25) is 0 Å². The first kappa shape index (κ1) is 16.5. The Bertz CT molecular complexity index is 879. The molecule has 1 aromatic carbocycles. The van der Waals surface area contributed by atoms with Gasteiger partial charge in [-0.1, -0.05) is 32.0 Å². The van der Waals surface area contributed by atoms with E-state index in [9.17, 15) is 19.2 Å². The molecule has 2 heterocycles. The highest BCUT2D eigenvalue weighted by atomic mass is 16.5. The monoisotopic (exact) mass is 354 g/mol. The maximum absolute atomic E-state index is 12.9. The second-order valence-corrected chi connectivity index (χ2v) is 7.68. The maximum Gasteiger partial charge on any atom is 0.328 e. The molecule has 1 saturated heterocycles. The second kappa shape index (κ2) is 5.52. The minimum Gasteiger partial charge on any atom is -0.461 e. The van der Waals surface area contributed by atoms with Crippen molar-refractivity contribution in [2.24, 2.45) is 11.3 Å². The normalized spacial score (nSPS) is 25.1. The number of amides is 4. The highest BCUT2D eigenvalue weighted by Gasteiger charge is 2.50. The molecular formula is C19H18N2O5. The number of carbonyl (C=O) groups is 4. The second-order valence-electron chi connectivity index (χ2n) is 7.68. The summed E-state index contributed by atoms with van der Waals surface area (Å²) in [6.45, 7) is 3.96. The average molecular weight is 354 g/mol. The van der Waals surface area contributed by atoms with Crippen LogP contribution < -0.4 is 15.4 Å². The van der Waals surface area contributed by atoms with Gasteiger partial charge in [0.25, 0.3) is 0 Å². The molecule has 2 N–H and O–H groups in total. The van der Waals surface area contributed by atoms with Crippen molar-refractivity contribution in [1.82, 2.24) is 10.6 Å². The first-order valence-corrected chi connectivity index (χ1v) is 8.45. The smallest absolute Gasteiger partial charge is 0.328 e. The fraction of sp³-hybridized carbons (Fsp3) is 0.368. The molecule has 1 aromatic rings. The van der Waals surface area contributed by atoms with Gasteiger partial charge < -0.3 is 4.74 Å². The third kappa shape index (κ3) is 2.51. The predicted octanol–water partition coefficient (Wildman–Crippen LogP) is 1.79. The number of ether oxygens (including phenoxy) is 1. The van der Waals surface area contributed by atoms with Gasteiger partial charge in [0, 0.05) is 29.9 Å². The fourth-order valence-electron chi connectivity index (χ4n) is 4.01. The van der Waals surface area contributed by atoms with Crippen LogP contribution in [0.3, 0.4) is 0 Å². The molecule has 1 aliphatic carbocycles. The van der Waals surface area contributed by atoms with Gasteiger partial charge >= 0.3 is 6.03 Å². The van der Waals surface area contributed by atoms with E-state index in [1.165, 1.54) is 0 Å². The number of carbonyl (C=O) groups excluding carboxylic acids is 4. The summed E-state index contributed by atoms with van der Waals surface area (Å²) >= 11 is 0. The van der Waals surface area contributed by atoms with Crippen LogP contribution in [0.25, 0.3) is 0 Å². The molecule has 134 valence electrons. The molecule has 4 amide bonds. The third-order valence-corrected chi connectivity index (χ3v) is 5.05. The zero-order chi connectivity index (χ0) is 18.6. The Kier molecular flexibility index (Phi) is 3.50. The maximum atomic E-state index is 12.9. The molecule has 4 rings (SSSR count). The van der Waals surface area contributed by atoms with E-state index in [0.717, 1.165) is 0 Å². The highest BCUT2D eigenvalue weighted by Crippen LogP contribution is 2.50. The van der Waals surface area contributed by atoms with Crippen LogP contribution >= 0.6 is 0 Å². The summed E-state index contributed by atoms with van der Waals surface area (Å²) in [4.78, 5) is 49.3. The van der Waals surface area contributed by atoms with E-state index in [4.69, 9.17) is 4.74 Å². The lowest BCUT2D eigenvalue weighted by atomic mass is 9.68. The number of benzene rings is 1. The van der Waals surface area contributed by atoms with Crippen molar-refractivity contribution in [2.75, 3.05) is 0 Å². The minimum absolute atomic E-state index is 0.131. The number of hydrogen-bond donors (Lipinski definition) is 2. The lowest BCUT2D eigenvalue weighted by molar-refractivity contribution is -0.136. The van der Waals surface area contributed by atoms with E-state index in [0.29, 0.717) is 35.5 Å². The first-order chi connectivity index (χ1) is 12.3. The number of rotatable bonds is 1. The summed E-state index contributed by atoms with van der Waals surface area (Å²) in [5, 5.41) is 4.26. The lowest BCUT2D eigenvalue weighted by Gasteiger charge is -2.40. The Morgan fingerprint density at radius 2 is 1.62 bits per heavy atom. The van der Waals surface area contributed by atoms with Gasteiger partial charge in [0.1, 0.15) is 17.4 Å². The summed E-state index contributed by atoms with van der Waals surface area (Å²) in [5.41, 5.74) is 0.705. The Balaban J connectivity index is 1.89. The third-order valence-electron chi connectivity index (χ3n) is 5.05. The van der Waals surface area contributed by atoms with Crippen LogP contribution in [0.1, 0.15) is 38.2 Å². The SMILES string of the molecule is CC1(C)CC(=O)C2=C(C1)Oc1ccccc1C2C1C(=O)NC(=O)NC1=O. The van der Waals surface area contributed by atoms with E-state index in [2.05, 4.69) is 10.6 Å². The van der Waals surface area contributed by atoms with Gasteiger partial charge in [-0.15, -0.1) is 0 Å². The molecule has 1 unspecified atom stereocenters. The van der Waals surface area contributed by atoms with Crippen molar-refractivity contribution in [3.8, 4) is 5.75 Å². The number of nitrogens with one attached hydrogen (secondary N) is 2. The first-order valence-electron chi connectivity index (χ1n) is 8.45. The zero-order valence-electron chi connectivity index (χ0n) is 14.4. The van der Waals surface area contributed by atoms with Crippen LogP contribution in [0.15, 0.2) is 35.6 Å². The average Bonchev–Trinajstić information content (AvgIpc) is 2.51. The van der Waals surface area contributed by atoms with Crippen LogP contribution in [0.4, 0.5) is 4.79 Å². The van der Waals surface area contributed by atoms with Crippen molar-refractivity contribution < 1.29 is 23.9 Å². The van der Waals surface area contributed by atoms with Gasteiger partial charge in [-0.05, 0) is 11.5 Å². The standard InChI is InChI=1S/C19H18N2O5/c1-19(2)7-10(22)14-12(8-19)26-11-6-4-3-5-9(11)13(14)15-16(23)20-18(25)21-17(15)24/h3-6,13,15H,7-8H2,1-2H3,(H2,20,21,23,24,25). The molecule has 0 saturated carbocycles. The van der Waals surface area contributed by atoms with Gasteiger partial charge in [0.15, 0.2) is 5.78 Å². The Hall–Kier alpha value is -2.96. The van der Waals surface area contributed by atoms with E-state index in [1.807, 2.05) is 13.8 Å². The zero-order valence-corrected chi connectivity index (χ0v) is 14.4. The van der Waals surface area contributed by atoms with E-state index < -0.39 is 29.7 Å². The predicted molar refractivity (Wildman–Crippen MR) is 90.0 cm³/mol.